The van der Waals surface area contributed by atoms with E-state index < -0.39 is 5.97 Å². The molecule has 0 aliphatic carbocycles. The van der Waals surface area contributed by atoms with Gasteiger partial charge in [0.2, 0.25) is 0 Å². The van der Waals surface area contributed by atoms with E-state index in [-0.39, 0.29) is 5.56 Å². The number of aromatic nitrogens is 2. The van der Waals surface area contributed by atoms with Gasteiger partial charge in [0.25, 0.3) is 0 Å². The highest BCUT2D eigenvalue weighted by Crippen LogP contribution is 2.28. The number of rotatable bonds is 3. The lowest BCUT2D eigenvalue weighted by Crippen LogP contribution is -1.97. The molecule has 1 aromatic heterocycles. The molecule has 0 amide bonds. The number of imidazole rings is 1. The van der Waals surface area contributed by atoms with Gasteiger partial charge < -0.3 is 9.67 Å². The van der Waals surface area contributed by atoms with Crippen molar-refractivity contribution in [3.05, 3.63) is 78.4 Å². The number of carbonyl (C=O) groups is 1. The van der Waals surface area contributed by atoms with E-state index in [9.17, 15) is 9.90 Å². The van der Waals surface area contributed by atoms with Crippen LogP contribution in [0.1, 0.15) is 10.4 Å². The first kappa shape index (κ1) is 15.1. The summed E-state index contributed by atoms with van der Waals surface area (Å²) in [5.74, 6) is -0.210. The second kappa shape index (κ2) is 5.91. The summed E-state index contributed by atoms with van der Waals surface area (Å²) in [6, 6.07) is 23.5. The molecular formula is C21H16N2O2. The molecule has 0 radical (unpaired) electrons. The molecule has 0 saturated carbocycles. The Morgan fingerprint density at radius 1 is 0.840 bits per heavy atom. The first-order valence-electron chi connectivity index (χ1n) is 8.00. The number of carboxylic acid groups (broad SMARTS) is 1. The van der Waals surface area contributed by atoms with E-state index in [0.29, 0.717) is 5.52 Å². The summed E-state index contributed by atoms with van der Waals surface area (Å²) >= 11 is 0. The Kier molecular flexibility index (Phi) is 3.58. The fraction of sp³-hybridized carbons (Fsp3) is 0.0476. The molecule has 0 atom stereocenters. The molecule has 4 heteroatoms. The summed E-state index contributed by atoms with van der Waals surface area (Å²) in [5.41, 5.74) is 4.79. The van der Waals surface area contributed by atoms with E-state index in [1.807, 2.05) is 48.0 Å². The third-order valence-electron chi connectivity index (χ3n) is 4.39. The lowest BCUT2D eigenvalue weighted by molar-refractivity contribution is 0.0699. The number of nitrogens with zero attached hydrogens (tertiary/aromatic N) is 2. The summed E-state index contributed by atoms with van der Waals surface area (Å²) in [4.78, 5) is 16.0. The number of benzene rings is 3. The summed E-state index contributed by atoms with van der Waals surface area (Å²) in [6.45, 7) is 0. The molecule has 1 N–H and O–H groups in total. The van der Waals surface area contributed by atoms with Crippen molar-refractivity contribution in [1.29, 1.82) is 0 Å². The van der Waals surface area contributed by atoms with Gasteiger partial charge >= 0.3 is 5.97 Å². The second-order valence-electron chi connectivity index (χ2n) is 5.92. The first-order valence-corrected chi connectivity index (χ1v) is 8.00. The highest BCUT2D eigenvalue weighted by atomic mass is 16.4. The van der Waals surface area contributed by atoms with Crippen molar-refractivity contribution in [3.63, 3.8) is 0 Å². The Morgan fingerprint density at radius 2 is 1.48 bits per heavy atom. The highest BCUT2D eigenvalue weighted by molar-refractivity contribution is 6.01. The van der Waals surface area contributed by atoms with Crippen LogP contribution in [0.2, 0.25) is 0 Å². The van der Waals surface area contributed by atoms with Crippen LogP contribution in [0, 0.1) is 0 Å². The summed E-state index contributed by atoms with van der Waals surface area (Å²) in [5, 5.41) is 9.37. The largest absolute Gasteiger partial charge is 0.478 e. The summed E-state index contributed by atoms with van der Waals surface area (Å²) in [7, 11) is 1.90. The van der Waals surface area contributed by atoms with Crippen LogP contribution in [0.25, 0.3) is 33.5 Å². The molecule has 25 heavy (non-hydrogen) atoms. The van der Waals surface area contributed by atoms with Crippen LogP contribution in [-0.2, 0) is 7.05 Å². The Morgan fingerprint density at radius 3 is 2.16 bits per heavy atom. The van der Waals surface area contributed by atoms with E-state index >= 15 is 0 Å². The van der Waals surface area contributed by atoms with Crippen molar-refractivity contribution in [3.8, 4) is 22.5 Å². The predicted molar refractivity (Wildman–Crippen MR) is 98.5 cm³/mol. The van der Waals surface area contributed by atoms with Gasteiger partial charge in [0.15, 0.2) is 0 Å². The van der Waals surface area contributed by atoms with Crippen LogP contribution >= 0.6 is 0 Å². The number of carboxylic acids is 1. The molecule has 3 aromatic carbocycles. The maximum absolute atomic E-state index is 11.4. The van der Waals surface area contributed by atoms with Gasteiger partial charge in [-0.25, -0.2) is 9.78 Å². The highest BCUT2D eigenvalue weighted by Gasteiger charge is 2.16. The minimum absolute atomic E-state index is 0.222. The smallest absolute Gasteiger partial charge is 0.337 e. The maximum Gasteiger partial charge on any atom is 0.337 e. The number of hydrogen-bond donors (Lipinski definition) is 1. The van der Waals surface area contributed by atoms with Crippen LogP contribution in [0.5, 0.6) is 0 Å². The van der Waals surface area contributed by atoms with Gasteiger partial charge in [0, 0.05) is 12.6 Å². The average Bonchev–Trinajstić information content (AvgIpc) is 2.99. The normalized spacial score (nSPS) is 10.9. The molecule has 0 aliphatic rings. The second-order valence-corrected chi connectivity index (χ2v) is 5.92. The van der Waals surface area contributed by atoms with Gasteiger partial charge in [-0.2, -0.15) is 0 Å². The van der Waals surface area contributed by atoms with Crippen LogP contribution < -0.4 is 0 Å². The monoisotopic (exact) mass is 328 g/mol. The fourth-order valence-corrected chi connectivity index (χ4v) is 3.09. The lowest BCUT2D eigenvalue weighted by Gasteiger charge is -2.05. The molecule has 0 unspecified atom stereocenters. The van der Waals surface area contributed by atoms with E-state index in [4.69, 9.17) is 0 Å². The van der Waals surface area contributed by atoms with Crippen molar-refractivity contribution in [2.24, 2.45) is 7.05 Å². The number of fused-ring (bicyclic) bond motifs is 1. The minimum atomic E-state index is -0.963. The number of para-hydroxylation sites is 1. The van der Waals surface area contributed by atoms with Crippen molar-refractivity contribution in [1.82, 2.24) is 9.55 Å². The molecule has 0 bridgehead atoms. The van der Waals surface area contributed by atoms with E-state index in [2.05, 4.69) is 29.2 Å². The van der Waals surface area contributed by atoms with E-state index in [1.54, 1.807) is 12.1 Å². The van der Waals surface area contributed by atoms with Gasteiger partial charge in [0.05, 0.1) is 11.1 Å². The first-order chi connectivity index (χ1) is 12.1. The van der Waals surface area contributed by atoms with Crippen LogP contribution in [0.4, 0.5) is 0 Å². The van der Waals surface area contributed by atoms with Crippen LogP contribution in [-0.4, -0.2) is 20.6 Å². The standard InChI is InChI=1S/C21H16N2O2/c1-23-18-9-5-8-17(21(24)25)19(18)22-20(23)16-12-10-15(11-13-16)14-6-3-2-4-7-14/h2-13H,1H3,(H,24,25). The molecular weight excluding hydrogens is 312 g/mol. The topological polar surface area (TPSA) is 55.1 Å². The zero-order chi connectivity index (χ0) is 17.4. The molecule has 0 fully saturated rings. The Balaban J connectivity index is 1.81. The van der Waals surface area contributed by atoms with Gasteiger partial charge in [0.1, 0.15) is 11.3 Å². The average molecular weight is 328 g/mol. The molecule has 0 spiro atoms. The molecule has 4 rings (SSSR count). The van der Waals surface area contributed by atoms with E-state index in [0.717, 1.165) is 28.0 Å². The van der Waals surface area contributed by atoms with Gasteiger partial charge in [-0.15, -0.1) is 0 Å². The van der Waals surface area contributed by atoms with Gasteiger partial charge in [-0.3, -0.25) is 0 Å². The molecule has 4 nitrogen and oxygen atoms in total. The van der Waals surface area contributed by atoms with Crippen molar-refractivity contribution >= 4 is 17.0 Å². The lowest BCUT2D eigenvalue weighted by atomic mass is 10.0. The summed E-state index contributed by atoms with van der Waals surface area (Å²) < 4.78 is 1.93. The minimum Gasteiger partial charge on any atom is -0.478 e. The SMILES string of the molecule is Cn1c(-c2ccc(-c3ccccc3)cc2)nc2c(C(=O)O)cccc21. The van der Waals surface area contributed by atoms with Crippen LogP contribution in [0.15, 0.2) is 72.8 Å². The molecule has 122 valence electrons. The maximum atomic E-state index is 11.4. The van der Waals surface area contributed by atoms with Gasteiger partial charge in [-0.1, -0.05) is 60.7 Å². The third kappa shape index (κ3) is 2.58. The zero-order valence-electron chi connectivity index (χ0n) is 13.7. The molecule has 0 saturated heterocycles. The summed E-state index contributed by atoms with van der Waals surface area (Å²) in [6.07, 6.45) is 0. The molecule has 1 heterocycles. The number of aryl methyl sites for hydroxylation is 1. The fourth-order valence-electron chi connectivity index (χ4n) is 3.09. The zero-order valence-corrected chi connectivity index (χ0v) is 13.7. The van der Waals surface area contributed by atoms with Gasteiger partial charge in [-0.05, 0) is 23.3 Å². The Labute approximate surface area is 145 Å². The Bertz CT molecular complexity index is 1060. The van der Waals surface area contributed by atoms with Crippen molar-refractivity contribution in [2.75, 3.05) is 0 Å². The molecule has 0 aliphatic heterocycles. The van der Waals surface area contributed by atoms with Crippen molar-refractivity contribution in [2.45, 2.75) is 0 Å². The number of aromatic carboxylic acids is 1. The van der Waals surface area contributed by atoms with Crippen LogP contribution in [0.3, 0.4) is 0 Å². The number of hydrogen-bond acceptors (Lipinski definition) is 2. The Hall–Kier alpha value is -3.40. The predicted octanol–water partition coefficient (Wildman–Crippen LogP) is 4.61. The third-order valence-corrected chi connectivity index (χ3v) is 4.39. The molecule has 4 aromatic rings. The van der Waals surface area contributed by atoms with Crippen molar-refractivity contribution < 1.29 is 9.90 Å². The quantitative estimate of drug-likeness (QED) is 0.598. The van der Waals surface area contributed by atoms with E-state index in [1.165, 1.54) is 0 Å².